The van der Waals surface area contributed by atoms with Gasteiger partial charge in [0.25, 0.3) is 5.91 Å². The van der Waals surface area contributed by atoms with Gasteiger partial charge in [-0.15, -0.1) is 0 Å². The van der Waals surface area contributed by atoms with Crippen molar-refractivity contribution in [3.63, 3.8) is 0 Å². The molecule has 1 aliphatic rings. The van der Waals surface area contributed by atoms with Gasteiger partial charge in [0.2, 0.25) is 5.91 Å². The molecule has 0 aliphatic carbocycles. The van der Waals surface area contributed by atoms with Crippen LogP contribution in [0.4, 0.5) is 4.39 Å². The minimum Gasteiger partial charge on any atom is -0.342 e. The summed E-state index contributed by atoms with van der Waals surface area (Å²) in [6.07, 6.45) is 2.43. The molecule has 2 aromatic rings. The molecule has 1 fully saturated rings. The minimum absolute atomic E-state index is 0.120. The van der Waals surface area contributed by atoms with Crippen molar-refractivity contribution in [2.75, 3.05) is 26.2 Å². The molecule has 1 aliphatic heterocycles. The quantitative estimate of drug-likeness (QED) is 0.763. The Morgan fingerprint density at radius 2 is 1.82 bits per heavy atom. The first-order valence-corrected chi connectivity index (χ1v) is 9.96. The van der Waals surface area contributed by atoms with Crippen LogP contribution in [-0.2, 0) is 11.2 Å². The molecule has 1 atom stereocenters. The van der Waals surface area contributed by atoms with E-state index in [2.05, 4.69) is 12.1 Å². The van der Waals surface area contributed by atoms with Gasteiger partial charge in [0.1, 0.15) is 5.82 Å². The van der Waals surface area contributed by atoms with Crippen LogP contribution in [0.1, 0.15) is 35.7 Å². The number of nitrogens with zero attached hydrogens (tertiary/aromatic N) is 2. The van der Waals surface area contributed by atoms with E-state index in [1.165, 1.54) is 29.8 Å². The molecule has 5 heteroatoms. The van der Waals surface area contributed by atoms with E-state index in [0.29, 0.717) is 31.7 Å². The predicted octanol–water partition coefficient (Wildman–Crippen LogP) is 3.77. The van der Waals surface area contributed by atoms with E-state index in [1.807, 2.05) is 30.0 Å². The van der Waals surface area contributed by atoms with E-state index in [1.54, 1.807) is 4.90 Å². The number of halogens is 1. The van der Waals surface area contributed by atoms with Crippen LogP contribution in [0.3, 0.4) is 0 Å². The van der Waals surface area contributed by atoms with E-state index in [0.717, 1.165) is 19.3 Å². The second-order valence-electron chi connectivity index (χ2n) is 7.25. The van der Waals surface area contributed by atoms with E-state index in [-0.39, 0.29) is 23.5 Å². The molecule has 0 saturated carbocycles. The van der Waals surface area contributed by atoms with E-state index in [9.17, 15) is 14.0 Å². The fraction of sp³-hybridized carbons (Fsp3) is 0.391. The van der Waals surface area contributed by atoms with Crippen LogP contribution in [0.15, 0.2) is 54.6 Å². The SMILES string of the molecule is CCN(CCc1ccccc1)C(=O)C1CCCN(C(=O)c2ccc(F)cc2)C1. The van der Waals surface area contributed by atoms with Crippen LogP contribution in [0.2, 0.25) is 0 Å². The Morgan fingerprint density at radius 3 is 2.50 bits per heavy atom. The third-order valence-electron chi connectivity index (χ3n) is 5.36. The van der Waals surface area contributed by atoms with Gasteiger partial charge in [-0.25, -0.2) is 4.39 Å². The molecular weight excluding hydrogens is 355 g/mol. The summed E-state index contributed by atoms with van der Waals surface area (Å²) in [5.74, 6) is -0.547. The summed E-state index contributed by atoms with van der Waals surface area (Å²) in [5.41, 5.74) is 1.68. The van der Waals surface area contributed by atoms with Crippen molar-refractivity contribution in [1.29, 1.82) is 0 Å². The zero-order chi connectivity index (χ0) is 19.9. The molecule has 2 amide bonds. The molecule has 0 N–H and O–H groups in total. The Kier molecular flexibility index (Phi) is 6.80. The van der Waals surface area contributed by atoms with Gasteiger partial charge in [0.15, 0.2) is 0 Å². The van der Waals surface area contributed by atoms with Crippen LogP contribution in [0.5, 0.6) is 0 Å². The van der Waals surface area contributed by atoms with Crippen molar-refractivity contribution in [3.8, 4) is 0 Å². The van der Waals surface area contributed by atoms with Gasteiger partial charge in [-0.05, 0) is 56.0 Å². The molecule has 3 rings (SSSR count). The molecule has 28 heavy (non-hydrogen) atoms. The van der Waals surface area contributed by atoms with Gasteiger partial charge < -0.3 is 9.80 Å². The minimum atomic E-state index is -0.361. The fourth-order valence-corrected chi connectivity index (χ4v) is 3.73. The maximum atomic E-state index is 13.1. The standard InChI is InChI=1S/C23H27FN2O2/c1-2-25(16-14-18-7-4-3-5-8-18)23(28)20-9-6-15-26(17-20)22(27)19-10-12-21(24)13-11-19/h3-5,7-8,10-13,20H,2,6,9,14-17H2,1H3. The average molecular weight is 382 g/mol. The van der Waals surface area contributed by atoms with Gasteiger partial charge in [-0.3, -0.25) is 9.59 Å². The van der Waals surface area contributed by atoms with Crippen molar-refractivity contribution in [2.24, 2.45) is 5.92 Å². The molecule has 0 bridgehead atoms. The first-order valence-electron chi connectivity index (χ1n) is 9.96. The first kappa shape index (κ1) is 20.1. The molecule has 4 nitrogen and oxygen atoms in total. The van der Waals surface area contributed by atoms with Gasteiger partial charge in [0.05, 0.1) is 5.92 Å². The lowest BCUT2D eigenvalue weighted by molar-refractivity contribution is -0.136. The number of hydrogen-bond acceptors (Lipinski definition) is 2. The van der Waals surface area contributed by atoms with Crippen molar-refractivity contribution >= 4 is 11.8 Å². The van der Waals surface area contributed by atoms with Crippen LogP contribution >= 0.6 is 0 Å². The number of carbonyl (C=O) groups is 2. The normalized spacial score (nSPS) is 16.6. The topological polar surface area (TPSA) is 40.6 Å². The number of likely N-dealkylation sites (N-methyl/N-ethyl adjacent to an activating group) is 1. The maximum Gasteiger partial charge on any atom is 0.253 e. The van der Waals surface area contributed by atoms with Gasteiger partial charge >= 0.3 is 0 Å². The fourth-order valence-electron chi connectivity index (χ4n) is 3.73. The Labute approximate surface area is 166 Å². The van der Waals surface area contributed by atoms with E-state index in [4.69, 9.17) is 0 Å². The third-order valence-corrected chi connectivity index (χ3v) is 5.36. The number of piperidine rings is 1. The van der Waals surface area contributed by atoms with Gasteiger partial charge in [-0.2, -0.15) is 0 Å². The highest BCUT2D eigenvalue weighted by Crippen LogP contribution is 2.21. The molecule has 0 spiro atoms. The third kappa shape index (κ3) is 4.97. The highest BCUT2D eigenvalue weighted by molar-refractivity contribution is 5.94. The summed E-state index contributed by atoms with van der Waals surface area (Å²) in [7, 11) is 0. The van der Waals surface area contributed by atoms with Crippen LogP contribution < -0.4 is 0 Å². The first-order chi connectivity index (χ1) is 13.6. The molecule has 1 heterocycles. The lowest BCUT2D eigenvalue weighted by Gasteiger charge is -2.35. The second-order valence-corrected chi connectivity index (χ2v) is 7.25. The van der Waals surface area contributed by atoms with E-state index < -0.39 is 0 Å². The molecule has 1 saturated heterocycles. The number of benzene rings is 2. The Hall–Kier alpha value is -2.69. The highest BCUT2D eigenvalue weighted by Gasteiger charge is 2.31. The van der Waals surface area contributed by atoms with Crippen LogP contribution in [0.25, 0.3) is 0 Å². The van der Waals surface area contributed by atoms with Crippen LogP contribution in [0, 0.1) is 11.7 Å². The van der Waals surface area contributed by atoms with E-state index >= 15 is 0 Å². The summed E-state index contributed by atoms with van der Waals surface area (Å²) in [5, 5.41) is 0. The molecule has 1 unspecified atom stereocenters. The molecule has 0 radical (unpaired) electrons. The molecule has 148 valence electrons. The highest BCUT2D eigenvalue weighted by atomic mass is 19.1. The monoisotopic (exact) mass is 382 g/mol. The number of carbonyl (C=O) groups excluding carboxylic acids is 2. The molecular formula is C23H27FN2O2. The predicted molar refractivity (Wildman–Crippen MR) is 107 cm³/mol. The lowest BCUT2D eigenvalue weighted by Crippen LogP contribution is -2.47. The summed E-state index contributed by atoms with van der Waals surface area (Å²) in [6.45, 7) is 4.40. The largest absolute Gasteiger partial charge is 0.342 e. The van der Waals surface area contributed by atoms with Gasteiger partial charge in [0, 0.05) is 31.7 Å². The number of rotatable bonds is 6. The molecule has 2 aromatic carbocycles. The summed E-state index contributed by atoms with van der Waals surface area (Å²) < 4.78 is 13.1. The van der Waals surface area contributed by atoms with Crippen LogP contribution in [-0.4, -0.2) is 47.8 Å². The Balaban J connectivity index is 1.60. The van der Waals surface area contributed by atoms with Crippen molar-refractivity contribution in [3.05, 3.63) is 71.5 Å². The zero-order valence-corrected chi connectivity index (χ0v) is 16.3. The average Bonchev–Trinajstić information content (AvgIpc) is 2.75. The number of amides is 2. The van der Waals surface area contributed by atoms with Crippen molar-refractivity contribution in [1.82, 2.24) is 9.80 Å². The summed E-state index contributed by atoms with van der Waals surface area (Å²) in [6, 6.07) is 15.7. The van der Waals surface area contributed by atoms with Crippen molar-refractivity contribution in [2.45, 2.75) is 26.2 Å². The molecule has 0 aromatic heterocycles. The lowest BCUT2D eigenvalue weighted by atomic mass is 9.95. The summed E-state index contributed by atoms with van der Waals surface area (Å²) in [4.78, 5) is 29.4. The second kappa shape index (κ2) is 9.49. The zero-order valence-electron chi connectivity index (χ0n) is 16.3. The Bertz CT molecular complexity index is 792. The van der Waals surface area contributed by atoms with Gasteiger partial charge in [-0.1, -0.05) is 30.3 Å². The van der Waals surface area contributed by atoms with Crippen molar-refractivity contribution < 1.29 is 14.0 Å². The number of likely N-dealkylation sites (tertiary alicyclic amines) is 1. The maximum absolute atomic E-state index is 13.1. The number of hydrogen-bond donors (Lipinski definition) is 0. The smallest absolute Gasteiger partial charge is 0.253 e. The Morgan fingerprint density at radius 1 is 1.11 bits per heavy atom. The summed E-state index contributed by atoms with van der Waals surface area (Å²) >= 11 is 0.